The molecule has 0 bridgehead atoms. The Hall–Kier alpha value is -2.67. The van der Waals surface area contributed by atoms with Gasteiger partial charge in [-0.05, 0) is 18.1 Å². The predicted octanol–water partition coefficient (Wildman–Crippen LogP) is 2.56. The molecule has 0 unspecified atom stereocenters. The molecule has 7 nitrogen and oxygen atoms in total. The number of rotatable bonds is 13. The van der Waals surface area contributed by atoms with Crippen molar-refractivity contribution in [1.29, 1.82) is 0 Å². The molecular formula is C21H31N3O4. The van der Waals surface area contributed by atoms with Crippen molar-refractivity contribution in [2.75, 3.05) is 6.54 Å². The molecule has 0 aliphatic rings. The second-order valence-electron chi connectivity index (χ2n) is 6.60. The number of amides is 3. The number of benzene rings is 1. The second kappa shape index (κ2) is 14.4. The SMILES string of the molecule is CCCCCCCCNC(=O)C[C@@H](NC(=O)/C=C/c1ccccc1)C(=O)NO. The lowest BCUT2D eigenvalue weighted by Gasteiger charge is -2.15. The Bertz CT molecular complexity index is 632. The molecule has 0 aliphatic heterocycles. The molecule has 3 amide bonds. The molecule has 0 aromatic heterocycles. The number of carbonyl (C=O) groups is 3. The molecular weight excluding hydrogens is 358 g/mol. The van der Waals surface area contributed by atoms with Crippen molar-refractivity contribution in [2.45, 2.75) is 57.9 Å². The van der Waals surface area contributed by atoms with Crippen LogP contribution in [0.5, 0.6) is 0 Å². The fourth-order valence-electron chi connectivity index (χ4n) is 2.63. The lowest BCUT2D eigenvalue weighted by atomic mass is 10.1. The third-order valence-electron chi connectivity index (χ3n) is 4.21. The predicted molar refractivity (Wildman–Crippen MR) is 108 cm³/mol. The van der Waals surface area contributed by atoms with E-state index in [1.807, 2.05) is 30.3 Å². The Morgan fingerprint density at radius 2 is 1.71 bits per heavy atom. The summed E-state index contributed by atoms with van der Waals surface area (Å²) < 4.78 is 0. The lowest BCUT2D eigenvalue weighted by Crippen LogP contribution is -2.48. The molecule has 0 heterocycles. The minimum Gasteiger partial charge on any atom is -0.356 e. The molecule has 1 aromatic rings. The van der Waals surface area contributed by atoms with Crippen LogP contribution in [0.1, 0.15) is 57.4 Å². The van der Waals surface area contributed by atoms with E-state index in [0.29, 0.717) is 6.54 Å². The first-order chi connectivity index (χ1) is 13.6. The molecule has 4 N–H and O–H groups in total. The number of hydrogen-bond acceptors (Lipinski definition) is 4. The van der Waals surface area contributed by atoms with E-state index >= 15 is 0 Å². The van der Waals surface area contributed by atoms with Gasteiger partial charge in [-0.25, -0.2) is 5.48 Å². The summed E-state index contributed by atoms with van der Waals surface area (Å²) in [5.41, 5.74) is 2.32. The quantitative estimate of drug-likeness (QED) is 0.180. The van der Waals surface area contributed by atoms with E-state index < -0.39 is 17.9 Å². The van der Waals surface area contributed by atoms with Gasteiger partial charge in [0, 0.05) is 12.6 Å². The monoisotopic (exact) mass is 389 g/mol. The summed E-state index contributed by atoms with van der Waals surface area (Å²) in [6.45, 7) is 2.69. The van der Waals surface area contributed by atoms with Gasteiger partial charge in [-0.2, -0.15) is 0 Å². The fraction of sp³-hybridized carbons (Fsp3) is 0.476. The molecule has 1 aromatic carbocycles. The maximum atomic E-state index is 12.0. The summed E-state index contributed by atoms with van der Waals surface area (Å²) >= 11 is 0. The third-order valence-corrected chi connectivity index (χ3v) is 4.21. The van der Waals surface area contributed by atoms with Crippen molar-refractivity contribution >= 4 is 23.8 Å². The molecule has 0 fully saturated rings. The van der Waals surface area contributed by atoms with Crippen molar-refractivity contribution in [3.8, 4) is 0 Å². The van der Waals surface area contributed by atoms with Crippen LogP contribution in [0.4, 0.5) is 0 Å². The molecule has 154 valence electrons. The Morgan fingerprint density at radius 3 is 2.39 bits per heavy atom. The second-order valence-corrected chi connectivity index (χ2v) is 6.60. The molecule has 0 spiro atoms. The normalized spacial score (nSPS) is 11.8. The van der Waals surface area contributed by atoms with Gasteiger partial charge >= 0.3 is 0 Å². The zero-order valence-corrected chi connectivity index (χ0v) is 16.4. The molecule has 0 aliphatic carbocycles. The average molecular weight is 389 g/mol. The number of unbranched alkanes of at least 4 members (excludes halogenated alkanes) is 5. The van der Waals surface area contributed by atoms with Crippen molar-refractivity contribution < 1.29 is 19.6 Å². The summed E-state index contributed by atoms with van der Waals surface area (Å²) in [7, 11) is 0. The fourth-order valence-corrected chi connectivity index (χ4v) is 2.63. The van der Waals surface area contributed by atoms with Gasteiger partial charge < -0.3 is 10.6 Å². The Kier molecular flexibility index (Phi) is 12.0. The van der Waals surface area contributed by atoms with Crippen LogP contribution in [-0.2, 0) is 14.4 Å². The van der Waals surface area contributed by atoms with Crippen LogP contribution >= 0.6 is 0 Å². The molecule has 1 atom stereocenters. The number of hydrogen-bond donors (Lipinski definition) is 4. The zero-order valence-electron chi connectivity index (χ0n) is 16.4. The van der Waals surface area contributed by atoms with Crippen LogP contribution in [0, 0.1) is 0 Å². The van der Waals surface area contributed by atoms with Gasteiger partial charge in [0.25, 0.3) is 5.91 Å². The van der Waals surface area contributed by atoms with Gasteiger partial charge in [0.2, 0.25) is 11.8 Å². The number of hydroxylamine groups is 1. The van der Waals surface area contributed by atoms with Gasteiger partial charge in [0.05, 0.1) is 6.42 Å². The number of carbonyl (C=O) groups excluding carboxylic acids is 3. The minimum atomic E-state index is -1.15. The Morgan fingerprint density at radius 1 is 1.04 bits per heavy atom. The number of nitrogens with one attached hydrogen (secondary N) is 3. The molecule has 0 saturated carbocycles. The van der Waals surface area contributed by atoms with Crippen LogP contribution in [0.3, 0.4) is 0 Å². The average Bonchev–Trinajstić information content (AvgIpc) is 2.71. The van der Waals surface area contributed by atoms with Gasteiger partial charge in [-0.3, -0.25) is 19.6 Å². The smallest absolute Gasteiger partial charge is 0.266 e. The summed E-state index contributed by atoms with van der Waals surface area (Å²) in [4.78, 5) is 35.8. The van der Waals surface area contributed by atoms with E-state index in [-0.39, 0.29) is 12.3 Å². The van der Waals surface area contributed by atoms with Crippen molar-refractivity contribution in [3.05, 3.63) is 42.0 Å². The first-order valence-electron chi connectivity index (χ1n) is 9.81. The summed E-state index contributed by atoms with van der Waals surface area (Å²) in [6, 6.07) is 8.06. The van der Waals surface area contributed by atoms with Gasteiger partial charge in [0.1, 0.15) is 6.04 Å². The van der Waals surface area contributed by atoms with E-state index in [0.717, 1.165) is 24.8 Å². The first kappa shape index (κ1) is 23.4. The molecule has 1 rings (SSSR count). The van der Waals surface area contributed by atoms with E-state index in [2.05, 4.69) is 17.6 Å². The highest BCUT2D eigenvalue weighted by Crippen LogP contribution is 2.04. The highest BCUT2D eigenvalue weighted by atomic mass is 16.5. The van der Waals surface area contributed by atoms with Crippen LogP contribution in [0.25, 0.3) is 6.08 Å². The van der Waals surface area contributed by atoms with Crippen molar-refractivity contribution in [3.63, 3.8) is 0 Å². The lowest BCUT2D eigenvalue weighted by molar-refractivity contribution is -0.136. The minimum absolute atomic E-state index is 0.243. The summed E-state index contributed by atoms with van der Waals surface area (Å²) in [5, 5.41) is 14.0. The Balaban J connectivity index is 2.41. The van der Waals surface area contributed by atoms with Crippen LogP contribution in [0.15, 0.2) is 36.4 Å². The topological polar surface area (TPSA) is 108 Å². The van der Waals surface area contributed by atoms with Crippen molar-refractivity contribution in [2.24, 2.45) is 0 Å². The largest absolute Gasteiger partial charge is 0.356 e. The van der Waals surface area contributed by atoms with Crippen LogP contribution < -0.4 is 16.1 Å². The summed E-state index contributed by atoms with van der Waals surface area (Å²) in [5.74, 6) is -1.72. The van der Waals surface area contributed by atoms with Gasteiger partial charge in [-0.15, -0.1) is 0 Å². The Labute approximate surface area is 166 Å². The molecule has 0 radical (unpaired) electrons. The maximum absolute atomic E-state index is 12.0. The van der Waals surface area contributed by atoms with Crippen molar-refractivity contribution in [1.82, 2.24) is 16.1 Å². The van der Waals surface area contributed by atoms with E-state index in [1.165, 1.54) is 30.8 Å². The van der Waals surface area contributed by atoms with Gasteiger partial charge in [0.15, 0.2) is 0 Å². The highest BCUT2D eigenvalue weighted by Gasteiger charge is 2.22. The van der Waals surface area contributed by atoms with Crippen LogP contribution in [-0.4, -0.2) is 35.5 Å². The van der Waals surface area contributed by atoms with E-state index in [9.17, 15) is 14.4 Å². The van der Waals surface area contributed by atoms with Crippen LogP contribution in [0.2, 0.25) is 0 Å². The molecule has 0 saturated heterocycles. The third kappa shape index (κ3) is 10.5. The van der Waals surface area contributed by atoms with E-state index in [1.54, 1.807) is 6.08 Å². The first-order valence-corrected chi connectivity index (χ1v) is 9.81. The molecule has 28 heavy (non-hydrogen) atoms. The van der Waals surface area contributed by atoms with E-state index in [4.69, 9.17) is 5.21 Å². The molecule has 7 heteroatoms. The highest BCUT2D eigenvalue weighted by molar-refractivity contribution is 5.97. The zero-order chi connectivity index (χ0) is 20.6. The standard InChI is InChI=1S/C21H31N3O4/c1-2-3-4-5-6-10-15-22-20(26)16-18(21(27)24-28)23-19(25)14-13-17-11-8-7-9-12-17/h7-9,11-14,18,28H,2-6,10,15-16H2,1H3,(H,22,26)(H,23,25)(H,24,27)/b14-13+/t18-/m1/s1. The maximum Gasteiger partial charge on any atom is 0.266 e. The summed E-state index contributed by atoms with van der Waals surface area (Å²) in [6.07, 6.45) is 9.31. The van der Waals surface area contributed by atoms with Gasteiger partial charge in [-0.1, -0.05) is 69.4 Å².